The van der Waals surface area contributed by atoms with Crippen LogP contribution in [0.5, 0.6) is 0 Å². The van der Waals surface area contributed by atoms with Crippen LogP contribution in [0.15, 0.2) is 164 Å². The van der Waals surface area contributed by atoms with Crippen LogP contribution in [0.4, 0.5) is 17.1 Å². The summed E-state index contributed by atoms with van der Waals surface area (Å²) in [6.45, 7) is 0. The van der Waals surface area contributed by atoms with Crippen molar-refractivity contribution < 1.29 is 0 Å². The molecule has 0 unspecified atom stereocenters. The van der Waals surface area contributed by atoms with Crippen molar-refractivity contribution in [2.45, 2.75) is 0 Å². The Balaban J connectivity index is 1.26. The fraction of sp³-hybridized carbons (Fsp3) is 0. The average Bonchev–Trinajstić information content (AvgIpc) is 3.48. The first-order valence-electron chi connectivity index (χ1n) is 15.0. The average molecular weight is 578 g/mol. The molecule has 0 saturated carbocycles. The molecule has 0 atom stereocenters. The lowest BCUT2D eigenvalue weighted by Gasteiger charge is -2.27. The molecule has 9 rings (SSSR count). The van der Waals surface area contributed by atoms with E-state index >= 15 is 0 Å². The van der Waals surface area contributed by atoms with E-state index in [9.17, 15) is 0 Å². The van der Waals surface area contributed by atoms with Crippen molar-refractivity contribution in [3.05, 3.63) is 164 Å². The second kappa shape index (κ2) is 10.1. The molecule has 0 bridgehead atoms. The van der Waals surface area contributed by atoms with Gasteiger partial charge in [-0.15, -0.1) is 11.3 Å². The Morgan fingerprint density at radius 1 is 0.386 bits per heavy atom. The summed E-state index contributed by atoms with van der Waals surface area (Å²) in [7, 11) is 0. The maximum Gasteiger partial charge on any atom is 0.0540 e. The molecule has 0 aliphatic carbocycles. The molecule has 1 nitrogen and oxygen atoms in total. The highest BCUT2D eigenvalue weighted by Gasteiger charge is 2.17. The van der Waals surface area contributed by atoms with Gasteiger partial charge in [-0.25, -0.2) is 0 Å². The van der Waals surface area contributed by atoms with Gasteiger partial charge in [-0.1, -0.05) is 127 Å². The Kier molecular flexibility index (Phi) is 5.75. The molecule has 1 heterocycles. The normalized spacial score (nSPS) is 11.6. The summed E-state index contributed by atoms with van der Waals surface area (Å²) < 4.78 is 2.67. The van der Waals surface area contributed by atoms with Crippen molar-refractivity contribution in [3.8, 4) is 11.1 Å². The lowest BCUT2D eigenvalue weighted by Crippen LogP contribution is -2.10. The molecular formula is C42H27NS. The Hall–Kier alpha value is -5.44. The maximum absolute atomic E-state index is 2.42. The third-order valence-electron chi connectivity index (χ3n) is 8.84. The molecule has 206 valence electrons. The predicted octanol–water partition coefficient (Wildman–Crippen LogP) is 12.7. The van der Waals surface area contributed by atoms with Crippen molar-refractivity contribution in [1.82, 2.24) is 0 Å². The molecule has 0 saturated heterocycles. The highest BCUT2D eigenvalue weighted by atomic mass is 32.1. The zero-order valence-electron chi connectivity index (χ0n) is 23.9. The maximum atomic E-state index is 2.42. The molecule has 0 N–H and O–H groups in total. The fourth-order valence-corrected chi connectivity index (χ4v) is 7.96. The quantitative estimate of drug-likeness (QED) is 0.201. The third kappa shape index (κ3) is 4.00. The van der Waals surface area contributed by atoms with E-state index in [-0.39, 0.29) is 0 Å². The van der Waals surface area contributed by atoms with Crippen LogP contribution >= 0.6 is 11.3 Å². The molecule has 2 heteroatoms. The number of hydrogen-bond donors (Lipinski definition) is 0. The largest absolute Gasteiger partial charge is 0.310 e. The van der Waals surface area contributed by atoms with Gasteiger partial charge >= 0.3 is 0 Å². The predicted molar refractivity (Wildman–Crippen MR) is 192 cm³/mol. The van der Waals surface area contributed by atoms with E-state index in [0.29, 0.717) is 0 Å². The first kappa shape index (κ1) is 25.1. The van der Waals surface area contributed by atoms with E-state index < -0.39 is 0 Å². The topological polar surface area (TPSA) is 3.24 Å². The number of rotatable bonds is 4. The van der Waals surface area contributed by atoms with Crippen LogP contribution in [0.25, 0.3) is 63.6 Å². The minimum Gasteiger partial charge on any atom is -0.310 e. The van der Waals surface area contributed by atoms with Crippen molar-refractivity contribution in [2.24, 2.45) is 0 Å². The molecule has 0 amide bonds. The van der Waals surface area contributed by atoms with Gasteiger partial charge in [0.2, 0.25) is 0 Å². The van der Waals surface area contributed by atoms with E-state index in [0.717, 1.165) is 11.4 Å². The second-order valence-corrected chi connectivity index (χ2v) is 12.4. The molecule has 44 heavy (non-hydrogen) atoms. The number of nitrogens with zero attached hydrogens (tertiary/aromatic N) is 1. The molecule has 0 aliphatic heterocycles. The Labute approximate surface area is 259 Å². The molecule has 0 spiro atoms. The molecule has 9 aromatic rings. The minimum absolute atomic E-state index is 1.13. The van der Waals surface area contributed by atoms with Crippen LogP contribution in [0.2, 0.25) is 0 Å². The van der Waals surface area contributed by atoms with Crippen LogP contribution in [0.1, 0.15) is 0 Å². The first-order valence-corrected chi connectivity index (χ1v) is 15.8. The van der Waals surface area contributed by atoms with Crippen LogP contribution < -0.4 is 4.90 Å². The van der Waals surface area contributed by atoms with Gasteiger partial charge in [0.05, 0.1) is 5.69 Å². The summed E-state index contributed by atoms with van der Waals surface area (Å²) in [4.78, 5) is 2.42. The van der Waals surface area contributed by atoms with E-state index in [1.807, 2.05) is 11.3 Å². The fourth-order valence-electron chi connectivity index (χ4n) is 6.73. The summed E-state index contributed by atoms with van der Waals surface area (Å²) in [5.74, 6) is 0. The number of hydrogen-bond acceptors (Lipinski definition) is 2. The highest BCUT2D eigenvalue weighted by molar-refractivity contribution is 7.26. The van der Waals surface area contributed by atoms with Crippen molar-refractivity contribution in [1.29, 1.82) is 0 Å². The van der Waals surface area contributed by atoms with E-state index in [1.54, 1.807) is 0 Å². The van der Waals surface area contributed by atoms with Gasteiger partial charge in [0, 0.05) is 42.3 Å². The smallest absolute Gasteiger partial charge is 0.0540 e. The number of anilines is 3. The zero-order chi connectivity index (χ0) is 29.0. The third-order valence-corrected chi connectivity index (χ3v) is 10.1. The Morgan fingerprint density at radius 3 is 1.84 bits per heavy atom. The van der Waals surface area contributed by atoms with Crippen LogP contribution in [-0.2, 0) is 0 Å². The first-order chi connectivity index (χ1) is 21.8. The minimum atomic E-state index is 1.13. The SMILES string of the molecule is c1ccc2c(-c3ccc(N(c4ccc5ccc6c7ccccc7sc6c5c4)c4cccc5ccccc45)cc3)cccc2c1. The van der Waals surface area contributed by atoms with Crippen molar-refractivity contribution >= 4 is 80.9 Å². The number of thiophene rings is 1. The monoisotopic (exact) mass is 577 g/mol. The van der Waals surface area contributed by atoms with Crippen LogP contribution in [0.3, 0.4) is 0 Å². The standard InChI is InChI=1S/C42H27NS/c1-3-13-34-28(9-1)11-7-16-35(34)30-19-23-32(24-20-30)43(40-17-8-12-29-10-2-4-14-36(29)40)33-25-21-31-22-26-38-37-15-5-6-18-41(37)44-42(38)39(31)27-33/h1-27H. The lowest BCUT2D eigenvalue weighted by atomic mass is 9.98. The molecule has 0 radical (unpaired) electrons. The van der Waals surface area contributed by atoms with Crippen molar-refractivity contribution in [2.75, 3.05) is 4.90 Å². The Morgan fingerprint density at radius 2 is 1.00 bits per heavy atom. The molecule has 8 aromatic carbocycles. The Bertz CT molecular complexity index is 2490. The van der Waals surface area contributed by atoms with Gasteiger partial charge in [0.25, 0.3) is 0 Å². The van der Waals surface area contributed by atoms with Gasteiger partial charge in [0.15, 0.2) is 0 Å². The van der Waals surface area contributed by atoms with Gasteiger partial charge < -0.3 is 4.90 Å². The number of fused-ring (bicyclic) bond motifs is 7. The summed E-state index contributed by atoms with van der Waals surface area (Å²) in [5.41, 5.74) is 5.92. The summed E-state index contributed by atoms with van der Waals surface area (Å²) in [5, 5.41) is 10.2. The summed E-state index contributed by atoms with van der Waals surface area (Å²) in [6, 6.07) is 59.7. The van der Waals surface area contributed by atoms with Crippen molar-refractivity contribution in [3.63, 3.8) is 0 Å². The van der Waals surface area contributed by atoms with E-state index in [4.69, 9.17) is 0 Å². The molecule has 0 aliphatic rings. The second-order valence-electron chi connectivity index (χ2n) is 11.4. The van der Waals surface area contributed by atoms with Gasteiger partial charge in [-0.2, -0.15) is 0 Å². The summed E-state index contributed by atoms with van der Waals surface area (Å²) in [6.07, 6.45) is 0. The van der Waals surface area contributed by atoms with E-state index in [2.05, 4.69) is 169 Å². The van der Waals surface area contributed by atoms with E-state index in [1.165, 1.54) is 69.3 Å². The van der Waals surface area contributed by atoms with Gasteiger partial charge in [-0.05, 0) is 69.1 Å². The lowest BCUT2D eigenvalue weighted by molar-refractivity contribution is 1.30. The molecule has 0 fully saturated rings. The zero-order valence-corrected chi connectivity index (χ0v) is 24.8. The highest BCUT2D eigenvalue weighted by Crippen LogP contribution is 2.44. The molecular weight excluding hydrogens is 551 g/mol. The van der Waals surface area contributed by atoms with Crippen LogP contribution in [0, 0.1) is 0 Å². The van der Waals surface area contributed by atoms with Gasteiger partial charge in [-0.3, -0.25) is 0 Å². The molecule has 1 aromatic heterocycles. The summed E-state index contributed by atoms with van der Waals surface area (Å²) >= 11 is 1.89. The van der Waals surface area contributed by atoms with Gasteiger partial charge in [0.1, 0.15) is 0 Å². The van der Waals surface area contributed by atoms with Crippen LogP contribution in [-0.4, -0.2) is 0 Å². The number of benzene rings is 8.